The first-order chi connectivity index (χ1) is 9.52. The molecule has 100 valence electrons. The number of aromatic amines is 1. The van der Waals surface area contributed by atoms with E-state index in [1.807, 2.05) is 6.07 Å². The molecule has 0 unspecified atom stereocenters. The molecule has 6 heteroatoms. The number of hydrogen-bond acceptors (Lipinski definition) is 3. The molecule has 0 atom stereocenters. The summed E-state index contributed by atoms with van der Waals surface area (Å²) in [6, 6.07) is 6.99. The van der Waals surface area contributed by atoms with Crippen molar-refractivity contribution < 1.29 is 0 Å². The Hall–Kier alpha value is -2.09. The molecule has 1 aromatic heterocycles. The van der Waals surface area contributed by atoms with Gasteiger partial charge in [0, 0.05) is 10.0 Å². The van der Waals surface area contributed by atoms with Crippen LogP contribution in [0.5, 0.6) is 0 Å². The predicted molar refractivity (Wildman–Crippen MR) is 79.7 cm³/mol. The smallest absolute Gasteiger partial charge is 0.267 e. The summed E-state index contributed by atoms with van der Waals surface area (Å²) in [5, 5.41) is 16.2. The Morgan fingerprint density at radius 2 is 2.10 bits per heavy atom. The number of rotatable bonds is 2. The highest BCUT2D eigenvalue weighted by Gasteiger charge is 2.07. The molecule has 0 saturated heterocycles. The minimum atomic E-state index is -0.494. The van der Waals surface area contributed by atoms with Crippen molar-refractivity contribution in [1.82, 2.24) is 10.2 Å². The maximum atomic E-state index is 11.4. The normalized spacial score (nSPS) is 10.7. The molecular weight excluding hydrogens is 297 g/mol. The van der Waals surface area contributed by atoms with E-state index in [1.165, 1.54) is 0 Å². The monoisotopic (exact) mass is 305 g/mol. The lowest BCUT2D eigenvalue weighted by Gasteiger charge is -2.01. The molecule has 0 aliphatic carbocycles. The first-order valence-corrected chi connectivity index (χ1v) is 6.41. The topological polar surface area (TPSA) is 69.5 Å². The van der Waals surface area contributed by atoms with Gasteiger partial charge in [0.05, 0.1) is 5.69 Å². The molecule has 4 nitrogen and oxygen atoms in total. The van der Waals surface area contributed by atoms with E-state index in [-0.39, 0.29) is 5.56 Å². The van der Waals surface area contributed by atoms with Crippen LogP contribution < -0.4 is 5.56 Å². The molecule has 0 saturated carbocycles. The summed E-state index contributed by atoms with van der Waals surface area (Å²) in [6.07, 6.45) is 3.43. The molecule has 0 bridgehead atoms. The van der Waals surface area contributed by atoms with Crippen LogP contribution in [0.1, 0.15) is 22.4 Å². The van der Waals surface area contributed by atoms with E-state index < -0.39 is 5.56 Å². The molecular formula is C14H9Cl2N3O. The minimum Gasteiger partial charge on any atom is -0.267 e. The van der Waals surface area contributed by atoms with Gasteiger partial charge in [-0.2, -0.15) is 10.4 Å². The van der Waals surface area contributed by atoms with Crippen LogP contribution in [-0.4, -0.2) is 10.2 Å². The summed E-state index contributed by atoms with van der Waals surface area (Å²) in [5.74, 6) is 0. The molecule has 0 radical (unpaired) electrons. The zero-order chi connectivity index (χ0) is 14.7. The lowest BCUT2D eigenvalue weighted by molar-refractivity contribution is 0.952. The van der Waals surface area contributed by atoms with Crippen LogP contribution in [0.25, 0.3) is 12.2 Å². The van der Waals surface area contributed by atoms with Crippen molar-refractivity contribution in [2.45, 2.75) is 6.92 Å². The molecule has 1 heterocycles. The van der Waals surface area contributed by atoms with E-state index in [1.54, 1.807) is 37.3 Å². The second-order valence-corrected chi connectivity index (χ2v) is 4.89. The molecule has 2 aromatic rings. The van der Waals surface area contributed by atoms with Gasteiger partial charge >= 0.3 is 0 Å². The van der Waals surface area contributed by atoms with Crippen LogP contribution in [0, 0.1) is 18.3 Å². The number of hydrogen-bond donors (Lipinski definition) is 1. The van der Waals surface area contributed by atoms with Gasteiger partial charge in [-0.15, -0.1) is 0 Å². The van der Waals surface area contributed by atoms with Crippen molar-refractivity contribution in [3.05, 3.63) is 61.0 Å². The van der Waals surface area contributed by atoms with Crippen LogP contribution in [0.15, 0.2) is 23.0 Å². The second-order valence-electron chi connectivity index (χ2n) is 4.05. The number of benzene rings is 1. The summed E-state index contributed by atoms with van der Waals surface area (Å²) in [6.45, 7) is 1.67. The fourth-order valence-corrected chi connectivity index (χ4v) is 2.12. The van der Waals surface area contributed by atoms with Gasteiger partial charge in [-0.3, -0.25) is 4.79 Å². The quantitative estimate of drug-likeness (QED) is 0.924. The molecule has 1 aromatic carbocycles. The van der Waals surface area contributed by atoms with E-state index in [0.29, 0.717) is 21.3 Å². The second kappa shape index (κ2) is 5.91. The average molecular weight is 306 g/mol. The fourth-order valence-electron chi connectivity index (χ4n) is 1.65. The van der Waals surface area contributed by atoms with E-state index >= 15 is 0 Å². The zero-order valence-electron chi connectivity index (χ0n) is 10.4. The van der Waals surface area contributed by atoms with Crippen molar-refractivity contribution in [3.8, 4) is 6.07 Å². The third-order valence-electron chi connectivity index (χ3n) is 2.76. The van der Waals surface area contributed by atoms with Gasteiger partial charge < -0.3 is 0 Å². The van der Waals surface area contributed by atoms with Crippen molar-refractivity contribution in [3.63, 3.8) is 0 Å². The number of nitrogens with zero attached hydrogens (tertiary/aromatic N) is 2. The van der Waals surface area contributed by atoms with E-state index in [9.17, 15) is 4.79 Å². The average Bonchev–Trinajstić information content (AvgIpc) is 2.40. The Balaban J connectivity index is 2.42. The number of nitrogens with one attached hydrogen (secondary N) is 1. The Morgan fingerprint density at radius 1 is 1.35 bits per heavy atom. The zero-order valence-corrected chi connectivity index (χ0v) is 12.0. The Bertz CT molecular complexity index is 788. The number of aromatic nitrogens is 2. The number of nitriles is 1. The van der Waals surface area contributed by atoms with Crippen molar-refractivity contribution in [1.29, 1.82) is 5.26 Å². The Kier molecular flexibility index (Phi) is 4.23. The van der Waals surface area contributed by atoms with Crippen molar-refractivity contribution in [2.24, 2.45) is 0 Å². The van der Waals surface area contributed by atoms with Gasteiger partial charge in [-0.25, -0.2) is 5.10 Å². The largest absolute Gasteiger partial charge is 0.282 e. The number of H-pyrrole nitrogens is 1. The van der Waals surface area contributed by atoms with Crippen molar-refractivity contribution >= 4 is 35.4 Å². The van der Waals surface area contributed by atoms with Gasteiger partial charge in [0.25, 0.3) is 5.56 Å². The van der Waals surface area contributed by atoms with Crippen LogP contribution in [0.3, 0.4) is 0 Å². The van der Waals surface area contributed by atoms with Crippen LogP contribution in [0.2, 0.25) is 10.0 Å². The highest BCUT2D eigenvalue weighted by Crippen LogP contribution is 2.23. The van der Waals surface area contributed by atoms with E-state index in [2.05, 4.69) is 10.2 Å². The lowest BCUT2D eigenvalue weighted by atomic mass is 10.1. The summed E-state index contributed by atoms with van der Waals surface area (Å²) >= 11 is 11.9. The molecule has 0 spiro atoms. The Morgan fingerprint density at radius 3 is 2.75 bits per heavy atom. The van der Waals surface area contributed by atoms with Gasteiger partial charge in [-0.05, 0) is 36.3 Å². The summed E-state index contributed by atoms with van der Waals surface area (Å²) < 4.78 is 0. The molecule has 1 N–H and O–H groups in total. The predicted octanol–water partition coefficient (Wildman–Crippen LogP) is 3.43. The lowest BCUT2D eigenvalue weighted by Crippen LogP contribution is -2.15. The number of halogens is 2. The van der Waals surface area contributed by atoms with Gasteiger partial charge in [0.2, 0.25) is 0 Å². The maximum absolute atomic E-state index is 11.4. The standard InChI is InChI=1S/C14H9Cl2N3O/c1-8-11(7-17)14(20)19-18-13(8)5-3-9-2-4-10(15)6-12(9)16/h2-6H,1H3,(H,19,20)/b5-3+. The van der Waals surface area contributed by atoms with Crippen molar-refractivity contribution in [2.75, 3.05) is 0 Å². The first kappa shape index (κ1) is 14.3. The van der Waals surface area contributed by atoms with Crippen LogP contribution in [-0.2, 0) is 0 Å². The molecule has 2 rings (SSSR count). The Labute approximate surface area is 125 Å². The maximum Gasteiger partial charge on any atom is 0.282 e. The van der Waals surface area contributed by atoms with Gasteiger partial charge in [-0.1, -0.05) is 35.3 Å². The summed E-state index contributed by atoms with van der Waals surface area (Å²) in [5.41, 5.74) is 1.36. The van der Waals surface area contributed by atoms with Crippen LogP contribution >= 0.6 is 23.2 Å². The summed E-state index contributed by atoms with van der Waals surface area (Å²) in [4.78, 5) is 11.4. The molecule has 0 aliphatic rings. The molecule has 20 heavy (non-hydrogen) atoms. The van der Waals surface area contributed by atoms with Gasteiger partial charge in [0.15, 0.2) is 0 Å². The third kappa shape index (κ3) is 2.90. The highest BCUT2D eigenvalue weighted by atomic mass is 35.5. The minimum absolute atomic E-state index is 0.0573. The molecule has 0 fully saturated rings. The van der Waals surface area contributed by atoms with Gasteiger partial charge in [0.1, 0.15) is 11.6 Å². The fraction of sp³-hybridized carbons (Fsp3) is 0.0714. The first-order valence-electron chi connectivity index (χ1n) is 5.65. The van der Waals surface area contributed by atoms with Crippen LogP contribution in [0.4, 0.5) is 0 Å². The summed E-state index contributed by atoms with van der Waals surface area (Å²) in [7, 11) is 0. The highest BCUT2D eigenvalue weighted by molar-refractivity contribution is 6.35. The van der Waals surface area contributed by atoms with E-state index in [0.717, 1.165) is 5.56 Å². The third-order valence-corrected chi connectivity index (χ3v) is 3.32. The molecule has 0 aliphatic heterocycles. The SMILES string of the molecule is Cc1c(/C=C/c2ccc(Cl)cc2Cl)n[nH]c(=O)c1C#N. The molecule has 0 amide bonds. The van der Waals surface area contributed by atoms with E-state index in [4.69, 9.17) is 28.5 Å².